The van der Waals surface area contributed by atoms with Gasteiger partial charge in [-0.3, -0.25) is 4.79 Å². The third kappa shape index (κ3) is 3.57. The fourth-order valence-corrected chi connectivity index (χ4v) is 3.64. The van der Waals surface area contributed by atoms with Crippen LogP contribution in [0.1, 0.15) is 43.2 Å². The molecule has 0 heterocycles. The Bertz CT molecular complexity index is 810. The number of benzene rings is 2. The molecule has 0 amide bonds. The Morgan fingerprint density at radius 2 is 1.92 bits per heavy atom. The maximum Gasteiger partial charge on any atom is 0.161 e. The topological polar surface area (TPSA) is 59.3 Å². The molecular weight excluding hydrogens is 326 g/mol. The summed E-state index contributed by atoms with van der Waals surface area (Å²) in [5, 5.41) is 9.30. The second kappa shape index (κ2) is 8.05. The summed E-state index contributed by atoms with van der Waals surface area (Å²) in [4.78, 5) is 12.7. The number of hydrogen-bond donors (Lipinski definition) is 0. The summed E-state index contributed by atoms with van der Waals surface area (Å²) in [6.45, 7) is 0.443. The SMILES string of the molecule is COc1cc(C2(CC#N)CCCCC2=O)ccc1OCc1ccccc1. The molecule has 0 bridgehead atoms. The van der Waals surface area contributed by atoms with Crippen molar-refractivity contribution in [1.29, 1.82) is 5.26 Å². The summed E-state index contributed by atoms with van der Waals surface area (Å²) >= 11 is 0. The number of nitrogens with zero attached hydrogens (tertiary/aromatic N) is 1. The molecule has 1 atom stereocenters. The highest BCUT2D eigenvalue weighted by Gasteiger charge is 2.41. The van der Waals surface area contributed by atoms with E-state index in [4.69, 9.17) is 9.47 Å². The lowest BCUT2D eigenvalue weighted by Crippen LogP contribution is -2.38. The van der Waals surface area contributed by atoms with E-state index in [0.29, 0.717) is 30.9 Å². The Balaban J connectivity index is 1.87. The van der Waals surface area contributed by atoms with Crippen molar-refractivity contribution < 1.29 is 14.3 Å². The van der Waals surface area contributed by atoms with Crippen LogP contribution in [0.4, 0.5) is 0 Å². The first-order valence-electron chi connectivity index (χ1n) is 8.95. The van der Waals surface area contributed by atoms with Crippen LogP contribution in [0.15, 0.2) is 48.5 Å². The highest BCUT2D eigenvalue weighted by atomic mass is 16.5. The maximum atomic E-state index is 12.7. The van der Waals surface area contributed by atoms with Crippen molar-refractivity contribution in [3.8, 4) is 17.6 Å². The van der Waals surface area contributed by atoms with Gasteiger partial charge in [0, 0.05) is 6.42 Å². The third-order valence-electron chi connectivity index (χ3n) is 5.13. The van der Waals surface area contributed by atoms with Crippen molar-refractivity contribution in [3.05, 3.63) is 59.7 Å². The van der Waals surface area contributed by atoms with Crippen molar-refractivity contribution in [2.45, 2.75) is 44.1 Å². The van der Waals surface area contributed by atoms with Crippen molar-refractivity contribution in [1.82, 2.24) is 0 Å². The lowest BCUT2D eigenvalue weighted by atomic mass is 9.67. The number of carbonyl (C=O) groups excluding carboxylic acids is 1. The Hall–Kier alpha value is -2.80. The van der Waals surface area contributed by atoms with E-state index in [1.165, 1.54) is 0 Å². The molecule has 3 rings (SSSR count). The second-order valence-electron chi connectivity index (χ2n) is 6.69. The summed E-state index contributed by atoms with van der Waals surface area (Å²) in [7, 11) is 1.59. The van der Waals surface area contributed by atoms with E-state index in [1.54, 1.807) is 7.11 Å². The Labute approximate surface area is 154 Å². The molecule has 1 fully saturated rings. The van der Waals surface area contributed by atoms with E-state index in [0.717, 1.165) is 24.0 Å². The summed E-state index contributed by atoms with van der Waals surface area (Å²) in [6, 6.07) is 17.7. The van der Waals surface area contributed by atoms with Crippen LogP contribution in [0.25, 0.3) is 0 Å². The largest absolute Gasteiger partial charge is 0.493 e. The lowest BCUT2D eigenvalue weighted by molar-refractivity contribution is -0.126. The standard InChI is InChI=1S/C22H23NO3/c1-25-20-15-18(22(13-14-23)12-6-5-9-21(22)24)10-11-19(20)26-16-17-7-3-2-4-8-17/h2-4,7-8,10-11,15H,5-6,9,12-13,16H2,1H3. The van der Waals surface area contributed by atoms with Gasteiger partial charge in [-0.25, -0.2) is 0 Å². The molecule has 0 radical (unpaired) electrons. The highest BCUT2D eigenvalue weighted by molar-refractivity contribution is 5.91. The van der Waals surface area contributed by atoms with Gasteiger partial charge in [0.2, 0.25) is 0 Å². The van der Waals surface area contributed by atoms with Crippen molar-refractivity contribution in [3.63, 3.8) is 0 Å². The minimum atomic E-state index is -0.710. The van der Waals surface area contributed by atoms with Gasteiger partial charge in [0.1, 0.15) is 12.4 Å². The van der Waals surface area contributed by atoms with Gasteiger partial charge < -0.3 is 9.47 Å². The Morgan fingerprint density at radius 1 is 1.12 bits per heavy atom. The number of hydrogen-bond acceptors (Lipinski definition) is 4. The van der Waals surface area contributed by atoms with Crippen molar-refractivity contribution >= 4 is 5.78 Å². The van der Waals surface area contributed by atoms with Gasteiger partial charge in [-0.05, 0) is 36.1 Å². The highest BCUT2D eigenvalue weighted by Crippen LogP contribution is 2.42. The predicted octanol–water partition coefficient (Wildman–Crippen LogP) is 4.57. The summed E-state index contributed by atoms with van der Waals surface area (Å²) in [6.07, 6.45) is 3.33. The third-order valence-corrected chi connectivity index (χ3v) is 5.13. The van der Waals surface area contributed by atoms with Crippen LogP contribution in [-0.2, 0) is 16.8 Å². The number of carbonyl (C=O) groups is 1. The van der Waals surface area contributed by atoms with E-state index in [9.17, 15) is 10.1 Å². The monoisotopic (exact) mass is 349 g/mol. The molecule has 134 valence electrons. The molecule has 0 saturated heterocycles. The summed E-state index contributed by atoms with van der Waals surface area (Å²) in [5.74, 6) is 1.38. The van der Waals surface area contributed by atoms with Crippen LogP contribution in [0.3, 0.4) is 0 Å². The fourth-order valence-electron chi connectivity index (χ4n) is 3.64. The van der Waals surface area contributed by atoms with Gasteiger partial charge in [-0.15, -0.1) is 0 Å². The van der Waals surface area contributed by atoms with Gasteiger partial charge >= 0.3 is 0 Å². The van der Waals surface area contributed by atoms with E-state index in [1.807, 2.05) is 48.5 Å². The van der Waals surface area contributed by atoms with E-state index in [2.05, 4.69) is 6.07 Å². The molecule has 2 aromatic carbocycles. The van der Waals surface area contributed by atoms with Crippen molar-refractivity contribution in [2.24, 2.45) is 0 Å². The zero-order chi connectivity index (χ0) is 18.4. The van der Waals surface area contributed by atoms with Crippen molar-refractivity contribution in [2.75, 3.05) is 7.11 Å². The lowest BCUT2D eigenvalue weighted by Gasteiger charge is -2.34. The fraction of sp³-hybridized carbons (Fsp3) is 0.364. The van der Waals surface area contributed by atoms with Gasteiger partial charge in [0.05, 0.1) is 25.0 Å². The molecule has 1 aliphatic carbocycles. The first-order valence-corrected chi connectivity index (χ1v) is 8.95. The van der Waals surface area contributed by atoms with E-state index < -0.39 is 5.41 Å². The number of nitriles is 1. The molecule has 0 N–H and O–H groups in total. The van der Waals surface area contributed by atoms with Crippen LogP contribution in [0.2, 0.25) is 0 Å². The first kappa shape index (κ1) is 18.0. The number of Topliss-reactive ketones (excluding diaryl/α,β-unsaturated/α-hetero) is 1. The minimum absolute atomic E-state index is 0.158. The molecule has 1 saturated carbocycles. The Morgan fingerprint density at radius 3 is 2.62 bits per heavy atom. The first-order chi connectivity index (χ1) is 12.7. The number of methoxy groups -OCH3 is 1. The van der Waals surface area contributed by atoms with Gasteiger partial charge in [0.25, 0.3) is 0 Å². The summed E-state index contributed by atoms with van der Waals surface area (Å²) in [5.41, 5.74) is 1.22. The van der Waals surface area contributed by atoms with Gasteiger partial charge in [-0.1, -0.05) is 42.8 Å². The minimum Gasteiger partial charge on any atom is -0.493 e. The molecule has 4 nitrogen and oxygen atoms in total. The zero-order valence-corrected chi connectivity index (χ0v) is 15.0. The van der Waals surface area contributed by atoms with Crippen LogP contribution >= 0.6 is 0 Å². The van der Waals surface area contributed by atoms with Gasteiger partial charge in [0.15, 0.2) is 11.5 Å². The molecule has 26 heavy (non-hydrogen) atoms. The maximum absolute atomic E-state index is 12.7. The number of rotatable bonds is 6. The van der Waals surface area contributed by atoms with Crippen LogP contribution < -0.4 is 9.47 Å². The quantitative estimate of drug-likeness (QED) is 0.766. The molecule has 0 aromatic heterocycles. The normalized spacial score (nSPS) is 19.6. The molecule has 0 spiro atoms. The molecule has 0 aliphatic heterocycles. The number of ether oxygens (including phenoxy) is 2. The van der Waals surface area contributed by atoms with E-state index in [-0.39, 0.29) is 12.2 Å². The Kier molecular flexibility index (Phi) is 5.58. The molecule has 2 aromatic rings. The number of ketones is 1. The molecular formula is C22H23NO3. The summed E-state index contributed by atoms with van der Waals surface area (Å²) < 4.78 is 11.4. The van der Waals surface area contributed by atoms with Crippen LogP contribution in [0.5, 0.6) is 11.5 Å². The molecule has 1 unspecified atom stereocenters. The molecule has 4 heteroatoms. The average Bonchev–Trinajstić information content (AvgIpc) is 2.69. The molecule has 1 aliphatic rings. The van der Waals surface area contributed by atoms with Crippen LogP contribution in [-0.4, -0.2) is 12.9 Å². The second-order valence-corrected chi connectivity index (χ2v) is 6.69. The zero-order valence-electron chi connectivity index (χ0n) is 15.0. The predicted molar refractivity (Wildman–Crippen MR) is 99.2 cm³/mol. The smallest absolute Gasteiger partial charge is 0.161 e. The van der Waals surface area contributed by atoms with Gasteiger partial charge in [-0.2, -0.15) is 5.26 Å². The average molecular weight is 349 g/mol. The van der Waals surface area contributed by atoms with Crippen LogP contribution in [0, 0.1) is 11.3 Å². The van der Waals surface area contributed by atoms with E-state index >= 15 is 0 Å².